The third-order valence-corrected chi connectivity index (χ3v) is 5.07. The largest absolute Gasteiger partial charge is 0.508 e. The number of hydrogen-bond donors (Lipinski definition) is 1. The van der Waals surface area contributed by atoms with Crippen LogP contribution in [0.2, 0.25) is 0 Å². The van der Waals surface area contributed by atoms with E-state index in [0.29, 0.717) is 30.6 Å². The second-order valence-electron chi connectivity index (χ2n) is 10.5. The van der Waals surface area contributed by atoms with E-state index in [0.717, 1.165) is 38.9 Å². The van der Waals surface area contributed by atoms with E-state index in [4.69, 9.17) is 19.9 Å². The lowest BCUT2D eigenvalue weighted by molar-refractivity contribution is -0.00862. The molecule has 0 spiro atoms. The molecule has 0 bridgehead atoms. The van der Waals surface area contributed by atoms with Crippen LogP contribution >= 0.6 is 0 Å². The third-order valence-electron chi connectivity index (χ3n) is 5.07. The van der Waals surface area contributed by atoms with Gasteiger partial charge in [0.1, 0.15) is 17.0 Å². The SMILES string of the molecule is CC(C)(C)OC(=O)OCCCN1CCC(CN(C(=O)OC(C)(C)C)c2ccc(N)nc2)CC1. The molecule has 9 heteroatoms. The lowest BCUT2D eigenvalue weighted by Crippen LogP contribution is -2.43. The van der Waals surface area contributed by atoms with Gasteiger partial charge in [0.25, 0.3) is 0 Å². The Hall–Kier alpha value is -2.55. The minimum absolute atomic E-state index is 0.339. The molecule has 0 unspecified atom stereocenters. The van der Waals surface area contributed by atoms with E-state index in [2.05, 4.69) is 9.88 Å². The zero-order valence-corrected chi connectivity index (χ0v) is 20.9. The minimum atomic E-state index is -0.624. The van der Waals surface area contributed by atoms with Gasteiger partial charge in [0.2, 0.25) is 0 Å². The topological polar surface area (TPSA) is 107 Å². The highest BCUT2D eigenvalue weighted by Crippen LogP contribution is 2.24. The average molecular weight is 465 g/mol. The maximum Gasteiger partial charge on any atom is 0.508 e. The van der Waals surface area contributed by atoms with Crippen molar-refractivity contribution in [3.05, 3.63) is 18.3 Å². The van der Waals surface area contributed by atoms with Crippen molar-refractivity contribution >= 4 is 23.8 Å². The number of aromatic nitrogens is 1. The highest BCUT2D eigenvalue weighted by molar-refractivity contribution is 5.87. The number of amides is 1. The Labute approximate surface area is 197 Å². The molecule has 1 aliphatic heterocycles. The highest BCUT2D eigenvalue weighted by atomic mass is 16.7. The van der Waals surface area contributed by atoms with Gasteiger partial charge >= 0.3 is 12.2 Å². The van der Waals surface area contributed by atoms with Gasteiger partial charge in [-0.05, 0) is 91.9 Å². The summed E-state index contributed by atoms with van der Waals surface area (Å²) in [7, 11) is 0. The summed E-state index contributed by atoms with van der Waals surface area (Å²) in [6, 6.07) is 3.49. The van der Waals surface area contributed by atoms with Gasteiger partial charge in [-0.1, -0.05) is 0 Å². The minimum Gasteiger partial charge on any atom is -0.443 e. The fraction of sp³-hybridized carbons (Fsp3) is 0.708. The van der Waals surface area contributed by atoms with Crippen molar-refractivity contribution in [2.75, 3.05) is 43.4 Å². The summed E-state index contributed by atoms with van der Waals surface area (Å²) in [5.41, 5.74) is 5.26. The number of piperidine rings is 1. The molecule has 0 radical (unpaired) electrons. The van der Waals surface area contributed by atoms with E-state index in [1.807, 2.05) is 41.5 Å². The Morgan fingerprint density at radius 2 is 1.73 bits per heavy atom. The Morgan fingerprint density at radius 1 is 1.09 bits per heavy atom. The van der Waals surface area contributed by atoms with Crippen LogP contribution < -0.4 is 10.6 Å². The van der Waals surface area contributed by atoms with E-state index in [9.17, 15) is 9.59 Å². The number of nitrogen functional groups attached to an aromatic ring is 1. The average Bonchev–Trinajstić information content (AvgIpc) is 2.68. The number of pyridine rings is 1. The van der Waals surface area contributed by atoms with Crippen molar-refractivity contribution in [1.82, 2.24) is 9.88 Å². The molecule has 1 amide bonds. The van der Waals surface area contributed by atoms with Crippen LogP contribution in [0.15, 0.2) is 18.3 Å². The van der Waals surface area contributed by atoms with Gasteiger partial charge in [-0.25, -0.2) is 14.6 Å². The molecule has 0 atom stereocenters. The first kappa shape index (κ1) is 26.7. The molecular formula is C24H40N4O5. The van der Waals surface area contributed by atoms with Crippen molar-refractivity contribution in [2.24, 2.45) is 5.92 Å². The van der Waals surface area contributed by atoms with Crippen LogP contribution in [0.4, 0.5) is 21.1 Å². The summed E-state index contributed by atoms with van der Waals surface area (Å²) < 4.78 is 15.9. The maximum absolute atomic E-state index is 12.9. The molecule has 33 heavy (non-hydrogen) atoms. The van der Waals surface area contributed by atoms with Crippen LogP contribution in [0.25, 0.3) is 0 Å². The summed E-state index contributed by atoms with van der Waals surface area (Å²) in [5.74, 6) is 0.760. The number of likely N-dealkylation sites (tertiary alicyclic amines) is 1. The van der Waals surface area contributed by atoms with Gasteiger partial charge < -0.3 is 24.8 Å². The third kappa shape index (κ3) is 10.3. The summed E-state index contributed by atoms with van der Waals surface area (Å²) in [5, 5.41) is 0. The molecule has 2 heterocycles. The number of rotatable bonds is 7. The number of nitrogens with zero attached hydrogens (tertiary/aromatic N) is 3. The van der Waals surface area contributed by atoms with E-state index < -0.39 is 17.4 Å². The molecule has 1 fully saturated rings. The summed E-state index contributed by atoms with van der Waals surface area (Å²) in [4.78, 5) is 32.7. The summed E-state index contributed by atoms with van der Waals surface area (Å²) in [6.45, 7) is 14.6. The molecule has 2 N–H and O–H groups in total. The van der Waals surface area contributed by atoms with Gasteiger partial charge in [-0.15, -0.1) is 0 Å². The van der Waals surface area contributed by atoms with Gasteiger partial charge in [-0.3, -0.25) is 4.90 Å². The van der Waals surface area contributed by atoms with Crippen molar-refractivity contribution < 1.29 is 23.8 Å². The molecule has 0 aromatic carbocycles. The number of carbonyl (C=O) groups is 2. The van der Waals surface area contributed by atoms with Crippen LogP contribution in [0.3, 0.4) is 0 Å². The molecule has 9 nitrogen and oxygen atoms in total. The van der Waals surface area contributed by atoms with Crippen molar-refractivity contribution in [3.63, 3.8) is 0 Å². The first-order valence-corrected chi connectivity index (χ1v) is 11.6. The monoisotopic (exact) mass is 464 g/mol. The van der Waals surface area contributed by atoms with Crippen LogP contribution in [0, 0.1) is 5.92 Å². The molecule has 1 aromatic rings. The molecule has 186 valence electrons. The number of nitrogens with two attached hydrogens (primary N) is 1. The smallest absolute Gasteiger partial charge is 0.443 e. The van der Waals surface area contributed by atoms with Crippen molar-refractivity contribution in [3.8, 4) is 0 Å². The Balaban J connectivity index is 1.82. The highest BCUT2D eigenvalue weighted by Gasteiger charge is 2.28. The molecule has 1 aliphatic rings. The maximum atomic E-state index is 12.9. The standard InChI is InChI=1S/C24H40N4O5/c1-23(2,3)32-21(29)28(19-8-9-20(25)26-16-19)17-18-10-13-27(14-11-18)12-7-15-31-22(30)33-24(4,5)6/h8-9,16,18H,7,10-15,17H2,1-6H3,(H2,25,26). The van der Waals surface area contributed by atoms with Gasteiger partial charge in [-0.2, -0.15) is 0 Å². The Kier molecular flexibility index (Phi) is 9.34. The Bertz CT molecular complexity index is 763. The Morgan fingerprint density at radius 3 is 2.27 bits per heavy atom. The molecule has 0 aliphatic carbocycles. The van der Waals surface area contributed by atoms with E-state index in [1.54, 1.807) is 23.2 Å². The van der Waals surface area contributed by atoms with Crippen molar-refractivity contribution in [1.29, 1.82) is 0 Å². The fourth-order valence-corrected chi connectivity index (χ4v) is 3.53. The molecule has 0 saturated carbocycles. The fourth-order valence-electron chi connectivity index (χ4n) is 3.53. The van der Waals surface area contributed by atoms with Crippen LogP contribution in [0.5, 0.6) is 0 Å². The van der Waals surface area contributed by atoms with Crippen molar-refractivity contribution in [2.45, 2.75) is 72.0 Å². The van der Waals surface area contributed by atoms with Crippen LogP contribution in [-0.4, -0.2) is 66.1 Å². The molecular weight excluding hydrogens is 424 g/mol. The van der Waals surface area contributed by atoms with E-state index in [1.165, 1.54) is 0 Å². The second kappa shape index (κ2) is 11.5. The first-order chi connectivity index (χ1) is 15.3. The van der Waals surface area contributed by atoms with E-state index >= 15 is 0 Å². The quantitative estimate of drug-likeness (QED) is 0.466. The zero-order chi connectivity index (χ0) is 24.6. The van der Waals surface area contributed by atoms with Crippen LogP contribution in [-0.2, 0) is 14.2 Å². The zero-order valence-electron chi connectivity index (χ0n) is 20.9. The predicted molar refractivity (Wildman–Crippen MR) is 128 cm³/mol. The summed E-state index contributed by atoms with van der Waals surface area (Å²) in [6.07, 6.45) is 3.30. The van der Waals surface area contributed by atoms with Gasteiger partial charge in [0, 0.05) is 13.1 Å². The number of anilines is 2. The molecule has 1 saturated heterocycles. The normalized spacial score (nSPS) is 15.7. The lowest BCUT2D eigenvalue weighted by atomic mass is 9.96. The lowest BCUT2D eigenvalue weighted by Gasteiger charge is -2.35. The summed E-state index contributed by atoms with van der Waals surface area (Å²) >= 11 is 0. The predicted octanol–water partition coefficient (Wildman–Crippen LogP) is 4.46. The number of ether oxygens (including phenoxy) is 3. The van der Waals surface area contributed by atoms with Gasteiger partial charge in [0.05, 0.1) is 18.5 Å². The van der Waals surface area contributed by atoms with Gasteiger partial charge in [0.15, 0.2) is 0 Å². The first-order valence-electron chi connectivity index (χ1n) is 11.6. The van der Waals surface area contributed by atoms with Crippen LogP contribution in [0.1, 0.15) is 60.8 Å². The number of carbonyl (C=O) groups excluding carboxylic acids is 2. The van der Waals surface area contributed by atoms with E-state index in [-0.39, 0.29) is 6.09 Å². The molecule has 2 rings (SSSR count). The second-order valence-corrected chi connectivity index (χ2v) is 10.5. The number of hydrogen-bond acceptors (Lipinski definition) is 8. The molecule has 1 aromatic heterocycles.